The summed E-state index contributed by atoms with van der Waals surface area (Å²) in [6.45, 7) is 5.34. The molecule has 132 valence electrons. The second-order valence-corrected chi connectivity index (χ2v) is 7.21. The highest BCUT2D eigenvalue weighted by Crippen LogP contribution is 2.22. The Morgan fingerprint density at radius 3 is 2.52 bits per heavy atom. The number of hydrogen-bond donors (Lipinski definition) is 1. The summed E-state index contributed by atoms with van der Waals surface area (Å²) in [6, 6.07) is 9.69. The van der Waals surface area contributed by atoms with Crippen molar-refractivity contribution in [3.63, 3.8) is 0 Å². The van der Waals surface area contributed by atoms with Gasteiger partial charge in [-0.25, -0.2) is 0 Å². The minimum Gasteiger partial charge on any atom is -0.396 e. The molecule has 0 spiro atoms. The molecule has 1 fully saturated rings. The van der Waals surface area contributed by atoms with E-state index in [4.69, 9.17) is 5.11 Å². The number of rotatable bonds is 5. The van der Waals surface area contributed by atoms with Gasteiger partial charge in [-0.2, -0.15) is 0 Å². The summed E-state index contributed by atoms with van der Waals surface area (Å²) in [4.78, 5) is 22.1. The molecule has 1 N–H and O–H groups in total. The minimum atomic E-state index is 0.0878. The summed E-state index contributed by atoms with van der Waals surface area (Å²) in [5.41, 5.74) is 3.09. The fraction of sp³-hybridized carbons (Fsp3) is 0.368. The first kappa shape index (κ1) is 17.8. The topological polar surface area (TPSA) is 56.7 Å². The molecule has 0 unspecified atom stereocenters. The number of thioether (sulfide) groups is 1. The maximum absolute atomic E-state index is 12.7. The van der Waals surface area contributed by atoms with Crippen LogP contribution in [-0.2, 0) is 0 Å². The highest BCUT2D eigenvalue weighted by Gasteiger charge is 2.22. The van der Waals surface area contributed by atoms with Crippen LogP contribution in [0.3, 0.4) is 0 Å². The molecule has 2 heterocycles. The molecule has 1 aliphatic rings. The molecule has 1 amide bonds. The van der Waals surface area contributed by atoms with Crippen LogP contribution in [0, 0.1) is 6.92 Å². The lowest BCUT2D eigenvalue weighted by Crippen LogP contribution is -2.49. The van der Waals surface area contributed by atoms with Crippen molar-refractivity contribution >= 4 is 23.4 Å². The molecule has 3 rings (SSSR count). The number of carbonyl (C=O) groups is 1. The summed E-state index contributed by atoms with van der Waals surface area (Å²) in [5, 5.41) is 8.87. The van der Waals surface area contributed by atoms with E-state index in [2.05, 4.69) is 16.8 Å². The number of aryl methyl sites for hydroxylation is 1. The summed E-state index contributed by atoms with van der Waals surface area (Å²) in [7, 11) is 0. The van der Waals surface area contributed by atoms with Crippen LogP contribution in [0.5, 0.6) is 0 Å². The number of aliphatic hydroxyl groups excluding tert-OH is 1. The Hall–Kier alpha value is -2.05. The van der Waals surface area contributed by atoms with E-state index in [1.165, 1.54) is 11.3 Å². The summed E-state index contributed by atoms with van der Waals surface area (Å²) in [5.74, 6) is 0.758. The Kier molecular flexibility index (Phi) is 5.94. The van der Waals surface area contributed by atoms with E-state index in [0.29, 0.717) is 5.75 Å². The molecule has 25 heavy (non-hydrogen) atoms. The summed E-state index contributed by atoms with van der Waals surface area (Å²) >= 11 is 1.59. The summed E-state index contributed by atoms with van der Waals surface area (Å²) < 4.78 is 0. The van der Waals surface area contributed by atoms with Crippen LogP contribution in [0.2, 0.25) is 0 Å². The van der Waals surface area contributed by atoms with Crippen molar-refractivity contribution in [2.24, 2.45) is 0 Å². The molecule has 1 aromatic carbocycles. The standard InChI is InChI=1S/C19H23N3O2S/c1-15-14-20-7-6-18(15)21-8-10-22(11-9-21)19(24)16-2-4-17(5-3-16)25-13-12-23/h2-7,14,23H,8-13H2,1H3. The normalized spacial score (nSPS) is 14.6. The average molecular weight is 357 g/mol. The molecule has 0 atom stereocenters. The molecular weight excluding hydrogens is 334 g/mol. The van der Waals surface area contributed by atoms with Crippen LogP contribution in [-0.4, -0.2) is 59.4 Å². The first-order valence-corrected chi connectivity index (χ1v) is 9.46. The third-order valence-electron chi connectivity index (χ3n) is 4.36. The Bertz CT molecular complexity index is 713. The predicted octanol–water partition coefficient (Wildman–Crippen LogP) is 2.44. The van der Waals surface area contributed by atoms with Gasteiger partial charge in [0.1, 0.15) is 0 Å². The van der Waals surface area contributed by atoms with Gasteiger partial charge in [0.2, 0.25) is 0 Å². The minimum absolute atomic E-state index is 0.0878. The van der Waals surface area contributed by atoms with Crippen molar-refractivity contribution in [2.75, 3.05) is 43.4 Å². The monoisotopic (exact) mass is 357 g/mol. The Balaban J connectivity index is 1.59. The highest BCUT2D eigenvalue weighted by molar-refractivity contribution is 7.99. The van der Waals surface area contributed by atoms with Crippen LogP contribution < -0.4 is 4.90 Å². The van der Waals surface area contributed by atoms with Crippen molar-refractivity contribution in [2.45, 2.75) is 11.8 Å². The lowest BCUT2D eigenvalue weighted by molar-refractivity contribution is 0.0746. The number of aliphatic hydroxyl groups is 1. The molecule has 6 heteroatoms. The number of pyridine rings is 1. The third kappa shape index (κ3) is 4.32. The number of amides is 1. The highest BCUT2D eigenvalue weighted by atomic mass is 32.2. The van der Waals surface area contributed by atoms with Crippen molar-refractivity contribution in [1.82, 2.24) is 9.88 Å². The SMILES string of the molecule is Cc1cnccc1N1CCN(C(=O)c2ccc(SCCO)cc2)CC1. The molecule has 1 aromatic heterocycles. The molecule has 0 saturated carbocycles. The van der Waals surface area contributed by atoms with Gasteiger partial charge in [-0.05, 0) is 42.8 Å². The summed E-state index contributed by atoms with van der Waals surface area (Å²) in [6.07, 6.45) is 3.69. The number of anilines is 1. The zero-order valence-corrected chi connectivity index (χ0v) is 15.2. The first-order chi connectivity index (χ1) is 12.2. The van der Waals surface area contributed by atoms with Gasteiger partial charge < -0.3 is 14.9 Å². The van der Waals surface area contributed by atoms with E-state index in [-0.39, 0.29) is 12.5 Å². The molecule has 0 bridgehead atoms. The Labute approximate surface area is 152 Å². The molecule has 2 aromatic rings. The van der Waals surface area contributed by atoms with E-state index >= 15 is 0 Å². The smallest absolute Gasteiger partial charge is 0.253 e. The molecule has 1 aliphatic heterocycles. The van der Waals surface area contributed by atoms with Gasteiger partial charge in [-0.15, -0.1) is 11.8 Å². The number of carbonyl (C=O) groups excluding carboxylic acids is 1. The van der Waals surface area contributed by atoms with Gasteiger partial charge in [0.05, 0.1) is 6.61 Å². The predicted molar refractivity (Wildman–Crippen MR) is 101 cm³/mol. The quantitative estimate of drug-likeness (QED) is 0.833. The first-order valence-electron chi connectivity index (χ1n) is 8.47. The number of benzene rings is 1. The number of hydrogen-bond acceptors (Lipinski definition) is 5. The van der Waals surface area contributed by atoms with Gasteiger partial charge in [0, 0.05) is 60.5 Å². The van der Waals surface area contributed by atoms with Crippen LogP contribution in [0.4, 0.5) is 5.69 Å². The van der Waals surface area contributed by atoms with Gasteiger partial charge in [-0.1, -0.05) is 0 Å². The van der Waals surface area contributed by atoms with E-state index < -0.39 is 0 Å². The van der Waals surface area contributed by atoms with Crippen LogP contribution in [0.1, 0.15) is 15.9 Å². The van der Waals surface area contributed by atoms with E-state index in [0.717, 1.165) is 36.6 Å². The van der Waals surface area contributed by atoms with Crippen molar-refractivity contribution in [3.05, 3.63) is 53.9 Å². The Morgan fingerprint density at radius 2 is 1.88 bits per heavy atom. The zero-order chi connectivity index (χ0) is 17.6. The fourth-order valence-electron chi connectivity index (χ4n) is 3.01. The molecule has 1 saturated heterocycles. The second-order valence-electron chi connectivity index (χ2n) is 6.04. The molecule has 5 nitrogen and oxygen atoms in total. The maximum Gasteiger partial charge on any atom is 0.253 e. The van der Waals surface area contributed by atoms with E-state index in [9.17, 15) is 4.79 Å². The number of piperazine rings is 1. The Morgan fingerprint density at radius 1 is 1.16 bits per heavy atom. The molecule has 0 radical (unpaired) electrons. The molecular formula is C19H23N3O2S. The average Bonchev–Trinajstić information content (AvgIpc) is 2.67. The van der Waals surface area contributed by atoms with Crippen LogP contribution in [0.25, 0.3) is 0 Å². The second kappa shape index (κ2) is 8.36. The zero-order valence-electron chi connectivity index (χ0n) is 14.4. The van der Waals surface area contributed by atoms with Crippen LogP contribution >= 0.6 is 11.8 Å². The lowest BCUT2D eigenvalue weighted by atomic mass is 10.1. The van der Waals surface area contributed by atoms with Crippen molar-refractivity contribution < 1.29 is 9.90 Å². The lowest BCUT2D eigenvalue weighted by Gasteiger charge is -2.36. The van der Waals surface area contributed by atoms with Crippen molar-refractivity contribution in [3.8, 4) is 0 Å². The number of nitrogens with zero attached hydrogens (tertiary/aromatic N) is 3. The fourth-order valence-corrected chi connectivity index (χ4v) is 3.67. The third-order valence-corrected chi connectivity index (χ3v) is 5.35. The number of aromatic nitrogens is 1. The maximum atomic E-state index is 12.7. The van der Waals surface area contributed by atoms with Gasteiger partial charge >= 0.3 is 0 Å². The van der Waals surface area contributed by atoms with E-state index in [1.54, 1.807) is 11.8 Å². The largest absolute Gasteiger partial charge is 0.396 e. The van der Waals surface area contributed by atoms with Crippen LogP contribution in [0.15, 0.2) is 47.6 Å². The van der Waals surface area contributed by atoms with Gasteiger partial charge in [-0.3, -0.25) is 9.78 Å². The van der Waals surface area contributed by atoms with E-state index in [1.807, 2.05) is 47.6 Å². The van der Waals surface area contributed by atoms with Gasteiger partial charge in [0.25, 0.3) is 5.91 Å². The van der Waals surface area contributed by atoms with Crippen molar-refractivity contribution in [1.29, 1.82) is 0 Å². The molecule has 0 aliphatic carbocycles. The van der Waals surface area contributed by atoms with Gasteiger partial charge in [0.15, 0.2) is 0 Å².